The number of alkyl halides is 3. The molecule has 0 saturated heterocycles. The standard InChI is InChI=1S/C29H28F4N2O5/c1-17-4-5-19(13-26(36)38-9-3-8-37-2)25(10-17)39-15-18-11-21(20-6-7-35-24(14-34)27(20)30)28-22(12-18)23(16-40-28)29(31,32)33/h4-7,10-12,16H,3,8-9,13-15,34H2,1-2H3. The Kier molecular flexibility index (Phi) is 9.06. The van der Waals surface area contributed by atoms with Gasteiger partial charge in [0.15, 0.2) is 5.82 Å². The Morgan fingerprint density at radius 1 is 1.10 bits per heavy atom. The Hall–Kier alpha value is -3.96. The predicted octanol–water partition coefficient (Wildman–Crippen LogP) is 6.12. The summed E-state index contributed by atoms with van der Waals surface area (Å²) in [6.45, 7) is 2.15. The third-order valence-corrected chi connectivity index (χ3v) is 6.19. The van der Waals surface area contributed by atoms with Crippen LogP contribution in [-0.2, 0) is 40.0 Å². The largest absolute Gasteiger partial charge is 0.489 e. The summed E-state index contributed by atoms with van der Waals surface area (Å²) >= 11 is 0. The molecule has 2 N–H and O–H groups in total. The van der Waals surface area contributed by atoms with E-state index >= 15 is 4.39 Å². The fourth-order valence-electron chi connectivity index (χ4n) is 4.24. The number of aryl methyl sites for hydroxylation is 1. The second-order valence-corrected chi connectivity index (χ2v) is 9.13. The number of pyridine rings is 1. The third-order valence-electron chi connectivity index (χ3n) is 6.19. The van der Waals surface area contributed by atoms with E-state index in [1.807, 2.05) is 13.0 Å². The first kappa shape index (κ1) is 29.0. The van der Waals surface area contributed by atoms with E-state index in [2.05, 4.69) is 4.98 Å². The Morgan fingerprint density at radius 3 is 2.62 bits per heavy atom. The minimum Gasteiger partial charge on any atom is -0.489 e. The zero-order valence-electron chi connectivity index (χ0n) is 21.9. The van der Waals surface area contributed by atoms with Crippen molar-refractivity contribution in [2.75, 3.05) is 20.3 Å². The normalized spacial score (nSPS) is 11.7. The van der Waals surface area contributed by atoms with Crippen LogP contribution in [0.4, 0.5) is 17.6 Å². The maximum atomic E-state index is 15.2. The predicted molar refractivity (Wildman–Crippen MR) is 139 cm³/mol. The van der Waals surface area contributed by atoms with Crippen molar-refractivity contribution >= 4 is 16.9 Å². The molecule has 2 aromatic carbocycles. The molecule has 0 spiro atoms. The van der Waals surface area contributed by atoms with Gasteiger partial charge in [-0.25, -0.2) is 4.39 Å². The van der Waals surface area contributed by atoms with Crippen LogP contribution in [0.15, 0.2) is 53.3 Å². The molecule has 0 fully saturated rings. The number of carbonyl (C=O) groups excluding carboxylic acids is 1. The van der Waals surface area contributed by atoms with Crippen LogP contribution in [0.5, 0.6) is 5.75 Å². The van der Waals surface area contributed by atoms with Gasteiger partial charge in [-0.1, -0.05) is 12.1 Å². The SMILES string of the molecule is COCCCOC(=O)Cc1ccc(C)cc1OCc1cc(-c2ccnc(CN)c2F)c2occ(C(F)(F)F)c2c1. The second-order valence-electron chi connectivity index (χ2n) is 9.13. The summed E-state index contributed by atoms with van der Waals surface area (Å²) in [7, 11) is 1.56. The molecule has 4 aromatic rings. The summed E-state index contributed by atoms with van der Waals surface area (Å²) < 4.78 is 78.0. The summed E-state index contributed by atoms with van der Waals surface area (Å²) in [6, 6.07) is 9.42. The molecule has 0 radical (unpaired) electrons. The van der Waals surface area contributed by atoms with Crippen molar-refractivity contribution in [3.8, 4) is 16.9 Å². The number of halogens is 4. The Morgan fingerprint density at radius 2 is 1.90 bits per heavy atom. The number of hydrogen-bond donors (Lipinski definition) is 1. The number of benzene rings is 2. The van der Waals surface area contributed by atoms with Crippen LogP contribution >= 0.6 is 0 Å². The fraction of sp³-hybridized carbons (Fsp3) is 0.310. The lowest BCUT2D eigenvalue weighted by Gasteiger charge is -2.14. The minimum atomic E-state index is -4.70. The van der Waals surface area contributed by atoms with E-state index in [0.717, 1.165) is 5.56 Å². The topological polar surface area (TPSA) is 96.8 Å². The molecule has 0 amide bonds. The van der Waals surface area contributed by atoms with E-state index < -0.39 is 23.5 Å². The summed E-state index contributed by atoms with van der Waals surface area (Å²) in [6.07, 6.45) is -2.26. The molecular weight excluding hydrogens is 532 g/mol. The molecule has 4 rings (SSSR count). The number of carbonyl (C=O) groups is 1. The van der Waals surface area contributed by atoms with E-state index in [-0.39, 0.29) is 54.0 Å². The Labute approximate surface area is 227 Å². The number of aromatic nitrogens is 1. The molecular formula is C29H28F4N2O5. The van der Waals surface area contributed by atoms with Crippen LogP contribution in [0.2, 0.25) is 0 Å². The molecule has 7 nitrogen and oxygen atoms in total. The first-order valence-electron chi connectivity index (χ1n) is 12.4. The number of nitrogens with zero attached hydrogens (tertiary/aromatic N) is 1. The maximum Gasteiger partial charge on any atom is 0.420 e. The number of hydrogen-bond acceptors (Lipinski definition) is 7. The van der Waals surface area contributed by atoms with Crippen molar-refractivity contribution in [2.24, 2.45) is 5.73 Å². The van der Waals surface area contributed by atoms with Crippen LogP contribution in [0.25, 0.3) is 22.1 Å². The molecule has 0 bridgehead atoms. The number of furan rings is 1. The third kappa shape index (κ3) is 6.60. The summed E-state index contributed by atoms with van der Waals surface area (Å²) in [5, 5.41) is -0.238. The van der Waals surface area contributed by atoms with Crippen LogP contribution in [0.3, 0.4) is 0 Å². The van der Waals surface area contributed by atoms with Gasteiger partial charge in [-0.3, -0.25) is 9.78 Å². The van der Waals surface area contributed by atoms with E-state index in [1.165, 1.54) is 24.4 Å². The number of rotatable bonds is 11. The van der Waals surface area contributed by atoms with Crippen molar-refractivity contribution in [2.45, 2.75) is 39.1 Å². The molecule has 0 aliphatic carbocycles. The van der Waals surface area contributed by atoms with Crippen molar-refractivity contribution in [1.82, 2.24) is 4.98 Å². The highest BCUT2D eigenvalue weighted by molar-refractivity contribution is 5.95. The number of nitrogens with two attached hydrogens (primary N) is 1. The van der Waals surface area contributed by atoms with Gasteiger partial charge >= 0.3 is 12.1 Å². The van der Waals surface area contributed by atoms with Gasteiger partial charge in [0.05, 0.1) is 18.7 Å². The van der Waals surface area contributed by atoms with Crippen molar-refractivity contribution in [1.29, 1.82) is 0 Å². The number of ether oxygens (including phenoxy) is 3. The van der Waals surface area contributed by atoms with Gasteiger partial charge in [0.1, 0.15) is 29.8 Å². The van der Waals surface area contributed by atoms with Crippen LogP contribution < -0.4 is 10.5 Å². The van der Waals surface area contributed by atoms with Gasteiger partial charge < -0.3 is 24.4 Å². The molecule has 0 aliphatic heterocycles. The van der Waals surface area contributed by atoms with Crippen molar-refractivity contribution < 1.29 is 41.0 Å². The van der Waals surface area contributed by atoms with E-state index in [0.29, 0.717) is 36.2 Å². The lowest BCUT2D eigenvalue weighted by molar-refractivity contribution is -0.143. The van der Waals surface area contributed by atoms with Gasteiger partial charge in [0, 0.05) is 55.0 Å². The second kappa shape index (κ2) is 12.5. The minimum absolute atomic E-state index is 0.00200. The molecule has 0 unspecified atom stereocenters. The number of esters is 1. The molecule has 0 atom stereocenters. The number of methoxy groups -OCH3 is 1. The average Bonchev–Trinajstić information content (AvgIpc) is 3.36. The lowest BCUT2D eigenvalue weighted by atomic mass is 9.98. The van der Waals surface area contributed by atoms with E-state index in [1.54, 1.807) is 19.2 Å². The van der Waals surface area contributed by atoms with E-state index in [4.69, 9.17) is 24.4 Å². The van der Waals surface area contributed by atoms with Crippen LogP contribution in [-0.4, -0.2) is 31.3 Å². The summed E-state index contributed by atoms with van der Waals surface area (Å²) in [4.78, 5) is 16.2. The van der Waals surface area contributed by atoms with Gasteiger partial charge in [0.2, 0.25) is 0 Å². The first-order valence-corrected chi connectivity index (χ1v) is 12.4. The molecule has 0 aliphatic rings. The van der Waals surface area contributed by atoms with Gasteiger partial charge in [0.25, 0.3) is 0 Å². The zero-order valence-corrected chi connectivity index (χ0v) is 21.9. The van der Waals surface area contributed by atoms with Gasteiger partial charge in [-0.15, -0.1) is 0 Å². The monoisotopic (exact) mass is 560 g/mol. The Balaban J connectivity index is 1.68. The molecule has 212 valence electrons. The van der Waals surface area contributed by atoms with E-state index in [9.17, 15) is 18.0 Å². The highest BCUT2D eigenvalue weighted by atomic mass is 19.4. The van der Waals surface area contributed by atoms with Crippen LogP contribution in [0, 0.1) is 12.7 Å². The van der Waals surface area contributed by atoms with Gasteiger partial charge in [-0.05, 0) is 42.3 Å². The summed E-state index contributed by atoms with van der Waals surface area (Å²) in [5.41, 5.74) is 6.26. The van der Waals surface area contributed by atoms with Crippen molar-refractivity contribution in [3.63, 3.8) is 0 Å². The average molecular weight is 561 g/mol. The molecule has 40 heavy (non-hydrogen) atoms. The highest BCUT2D eigenvalue weighted by Crippen LogP contribution is 2.41. The zero-order chi connectivity index (χ0) is 28.9. The first-order chi connectivity index (χ1) is 19.1. The van der Waals surface area contributed by atoms with Crippen molar-refractivity contribution in [3.05, 3.63) is 82.6 Å². The molecule has 0 saturated carbocycles. The smallest absolute Gasteiger partial charge is 0.420 e. The number of fused-ring (bicyclic) bond motifs is 1. The molecule has 2 heterocycles. The lowest BCUT2D eigenvalue weighted by Crippen LogP contribution is -2.11. The fourth-order valence-corrected chi connectivity index (χ4v) is 4.24. The highest BCUT2D eigenvalue weighted by Gasteiger charge is 2.35. The van der Waals surface area contributed by atoms with Gasteiger partial charge in [-0.2, -0.15) is 13.2 Å². The maximum absolute atomic E-state index is 15.2. The molecule has 11 heteroatoms. The summed E-state index contributed by atoms with van der Waals surface area (Å²) in [5.74, 6) is -0.829. The molecule has 2 aromatic heterocycles. The Bertz CT molecular complexity index is 1500. The quantitative estimate of drug-likeness (QED) is 0.134. The van der Waals surface area contributed by atoms with Crippen LogP contribution in [0.1, 0.15) is 34.4 Å².